The topological polar surface area (TPSA) is 92.9 Å². The summed E-state index contributed by atoms with van der Waals surface area (Å²) in [4.78, 5) is 18.1. The third kappa shape index (κ3) is 4.60. The molecule has 0 spiro atoms. The Balaban J connectivity index is 1.11. The third-order valence-corrected chi connectivity index (χ3v) is 6.63. The van der Waals surface area contributed by atoms with Gasteiger partial charge >= 0.3 is 0 Å². The Morgan fingerprint density at radius 3 is 2.94 bits per heavy atom. The number of aromatic nitrogens is 6. The summed E-state index contributed by atoms with van der Waals surface area (Å²) in [5, 5.41) is 11.9. The average molecular weight is 439 g/mol. The molecule has 160 valence electrons. The van der Waals surface area contributed by atoms with E-state index in [-0.39, 0.29) is 12.1 Å². The van der Waals surface area contributed by atoms with Crippen molar-refractivity contribution < 1.29 is 4.39 Å². The molecule has 0 unspecified atom stereocenters. The van der Waals surface area contributed by atoms with Gasteiger partial charge in [-0.15, -0.1) is 11.3 Å². The Morgan fingerprint density at radius 1 is 1.10 bits per heavy atom. The number of alkyl halides is 1. The molecule has 1 aliphatic carbocycles. The van der Waals surface area contributed by atoms with E-state index in [0.717, 1.165) is 39.6 Å². The highest BCUT2D eigenvalue weighted by molar-refractivity contribution is 7.14. The predicted molar refractivity (Wildman–Crippen MR) is 116 cm³/mol. The predicted octanol–water partition coefficient (Wildman–Crippen LogP) is 2.78. The zero-order valence-electron chi connectivity index (χ0n) is 16.9. The number of thiazole rings is 1. The fourth-order valence-electron chi connectivity index (χ4n) is 3.98. The molecule has 0 bridgehead atoms. The molecule has 4 heterocycles. The number of rotatable bonds is 7. The second kappa shape index (κ2) is 9.13. The Labute approximate surface area is 183 Å². The maximum Gasteiger partial charge on any atom is 0.159 e. The van der Waals surface area contributed by atoms with Gasteiger partial charge in [-0.1, -0.05) is 6.07 Å². The number of nitrogens with zero attached hydrogens (tertiary/aromatic N) is 6. The van der Waals surface area contributed by atoms with Crippen LogP contribution < -0.4 is 10.6 Å². The van der Waals surface area contributed by atoms with E-state index in [1.165, 1.54) is 0 Å². The molecular weight excluding hydrogens is 415 g/mol. The summed E-state index contributed by atoms with van der Waals surface area (Å²) in [7, 11) is 0. The van der Waals surface area contributed by atoms with Crippen molar-refractivity contribution in [2.45, 2.75) is 50.6 Å². The number of halogens is 1. The van der Waals surface area contributed by atoms with Crippen molar-refractivity contribution in [2.75, 3.05) is 0 Å². The first-order valence-electron chi connectivity index (χ1n) is 10.4. The van der Waals surface area contributed by atoms with Gasteiger partial charge in [0.1, 0.15) is 23.2 Å². The van der Waals surface area contributed by atoms with E-state index in [2.05, 4.69) is 35.7 Å². The number of hydrogen-bond acceptors (Lipinski definition) is 8. The fourth-order valence-corrected chi connectivity index (χ4v) is 4.80. The van der Waals surface area contributed by atoms with Gasteiger partial charge in [0, 0.05) is 60.4 Å². The first-order chi connectivity index (χ1) is 15.3. The maximum absolute atomic E-state index is 14.8. The standard InChI is InChI=1S/C21H23FN8S/c22-17-8-15(25-9-14-2-1-7-30-20(14)28-13-29-30)3-4-18(17)26-10-16-11-27-21(31-16)19-12-23-5-6-24-19/h1-2,5-7,11-13,15,17-18,25-26H,3-4,8-10H2/t15-,17+,18-/m1/s1. The molecule has 1 fully saturated rings. The Bertz CT molecular complexity index is 1130. The summed E-state index contributed by atoms with van der Waals surface area (Å²) in [5.41, 5.74) is 2.67. The highest BCUT2D eigenvalue weighted by Gasteiger charge is 2.30. The van der Waals surface area contributed by atoms with E-state index in [1.54, 1.807) is 40.8 Å². The number of pyridine rings is 1. The van der Waals surface area contributed by atoms with Gasteiger partial charge in [-0.3, -0.25) is 9.97 Å². The minimum atomic E-state index is -0.887. The van der Waals surface area contributed by atoms with Crippen LogP contribution in [0.4, 0.5) is 4.39 Å². The summed E-state index contributed by atoms with van der Waals surface area (Å²) in [6, 6.07) is 4.00. The molecule has 2 N–H and O–H groups in total. The van der Waals surface area contributed by atoms with Crippen molar-refractivity contribution in [2.24, 2.45) is 0 Å². The lowest BCUT2D eigenvalue weighted by atomic mass is 9.89. The summed E-state index contributed by atoms with van der Waals surface area (Å²) in [5.74, 6) is 0. The molecule has 0 aromatic carbocycles. The molecule has 10 heteroatoms. The summed E-state index contributed by atoms with van der Waals surface area (Å²) >= 11 is 1.56. The monoisotopic (exact) mass is 438 g/mol. The van der Waals surface area contributed by atoms with Crippen LogP contribution in [-0.4, -0.2) is 47.8 Å². The van der Waals surface area contributed by atoms with Crippen LogP contribution in [0.1, 0.15) is 29.7 Å². The van der Waals surface area contributed by atoms with Gasteiger partial charge in [0.2, 0.25) is 0 Å². The summed E-state index contributed by atoms with van der Waals surface area (Å²) in [6.45, 7) is 1.26. The molecule has 0 saturated heterocycles. The molecule has 8 nitrogen and oxygen atoms in total. The third-order valence-electron chi connectivity index (χ3n) is 5.61. The molecule has 0 radical (unpaired) electrons. The number of nitrogens with one attached hydrogen (secondary N) is 2. The van der Waals surface area contributed by atoms with E-state index in [9.17, 15) is 4.39 Å². The zero-order chi connectivity index (χ0) is 21.0. The molecule has 3 atom stereocenters. The van der Waals surface area contributed by atoms with Gasteiger partial charge in [-0.2, -0.15) is 5.10 Å². The first-order valence-corrected chi connectivity index (χ1v) is 11.2. The van der Waals surface area contributed by atoms with Crippen LogP contribution in [-0.2, 0) is 13.1 Å². The van der Waals surface area contributed by atoms with E-state index in [0.29, 0.717) is 19.5 Å². The molecule has 1 aliphatic rings. The minimum absolute atomic E-state index is 0.139. The largest absolute Gasteiger partial charge is 0.310 e. The molecular formula is C21H23FN8S. The van der Waals surface area contributed by atoms with E-state index in [4.69, 9.17) is 0 Å². The molecule has 4 aromatic heterocycles. The van der Waals surface area contributed by atoms with Gasteiger partial charge in [-0.05, 0) is 25.3 Å². The van der Waals surface area contributed by atoms with Crippen molar-refractivity contribution >= 4 is 17.0 Å². The van der Waals surface area contributed by atoms with Gasteiger partial charge < -0.3 is 10.6 Å². The lowest BCUT2D eigenvalue weighted by molar-refractivity contribution is 0.160. The van der Waals surface area contributed by atoms with Gasteiger partial charge in [-0.25, -0.2) is 18.9 Å². The molecule has 0 amide bonds. The first kappa shape index (κ1) is 20.1. The molecule has 1 saturated carbocycles. The SMILES string of the molecule is F[C@H]1C[C@H](NCc2cccn3ncnc23)CC[C@H]1NCc1cnc(-c2cnccn2)s1. The van der Waals surface area contributed by atoms with E-state index >= 15 is 0 Å². The van der Waals surface area contributed by atoms with Crippen LogP contribution in [0.2, 0.25) is 0 Å². The van der Waals surface area contributed by atoms with Crippen LogP contribution in [0, 0.1) is 0 Å². The molecule has 31 heavy (non-hydrogen) atoms. The molecule has 4 aromatic rings. The van der Waals surface area contributed by atoms with E-state index in [1.807, 2.05) is 24.5 Å². The van der Waals surface area contributed by atoms with Gasteiger partial charge in [0.15, 0.2) is 5.65 Å². The van der Waals surface area contributed by atoms with Crippen molar-refractivity contribution in [1.82, 2.24) is 40.2 Å². The van der Waals surface area contributed by atoms with Crippen molar-refractivity contribution in [3.8, 4) is 10.7 Å². The van der Waals surface area contributed by atoms with Crippen molar-refractivity contribution in [1.29, 1.82) is 0 Å². The quantitative estimate of drug-likeness (QED) is 0.458. The van der Waals surface area contributed by atoms with E-state index < -0.39 is 6.17 Å². The van der Waals surface area contributed by atoms with Crippen LogP contribution in [0.3, 0.4) is 0 Å². The second-order valence-corrected chi connectivity index (χ2v) is 8.79. The van der Waals surface area contributed by atoms with Crippen molar-refractivity contribution in [3.05, 3.63) is 59.9 Å². The Morgan fingerprint density at radius 2 is 2.06 bits per heavy atom. The van der Waals surface area contributed by atoms with Gasteiger partial charge in [0.25, 0.3) is 0 Å². The number of hydrogen-bond donors (Lipinski definition) is 2. The second-order valence-electron chi connectivity index (χ2n) is 7.68. The molecule has 5 rings (SSSR count). The van der Waals surface area contributed by atoms with Crippen LogP contribution in [0.25, 0.3) is 16.3 Å². The van der Waals surface area contributed by atoms with Crippen LogP contribution in [0.15, 0.2) is 49.4 Å². The summed E-state index contributed by atoms with van der Waals surface area (Å²) < 4.78 is 16.6. The minimum Gasteiger partial charge on any atom is -0.310 e. The highest BCUT2D eigenvalue weighted by Crippen LogP contribution is 2.25. The van der Waals surface area contributed by atoms with Crippen LogP contribution in [0.5, 0.6) is 0 Å². The maximum atomic E-state index is 14.8. The lowest BCUT2D eigenvalue weighted by Gasteiger charge is -2.33. The van der Waals surface area contributed by atoms with Crippen molar-refractivity contribution in [3.63, 3.8) is 0 Å². The Kier molecular flexibility index (Phi) is 5.92. The van der Waals surface area contributed by atoms with Gasteiger partial charge in [0.05, 0.1) is 6.20 Å². The fraction of sp³-hybridized carbons (Fsp3) is 0.381. The summed E-state index contributed by atoms with van der Waals surface area (Å²) in [6.07, 6.45) is 11.6. The lowest BCUT2D eigenvalue weighted by Crippen LogP contribution is -2.46. The number of fused-ring (bicyclic) bond motifs is 1. The highest BCUT2D eigenvalue weighted by atomic mass is 32.1. The normalized spacial score (nSPS) is 21.5. The average Bonchev–Trinajstić information content (AvgIpc) is 3.47. The van der Waals surface area contributed by atoms with Crippen LogP contribution >= 0.6 is 11.3 Å². The Hall–Kier alpha value is -2.82. The molecule has 0 aliphatic heterocycles. The smallest absolute Gasteiger partial charge is 0.159 e. The zero-order valence-corrected chi connectivity index (χ0v) is 17.7.